The first-order valence-corrected chi connectivity index (χ1v) is 5.76. The largest absolute Gasteiger partial charge is 0.377 e. The fourth-order valence-corrected chi connectivity index (χ4v) is 1.74. The van der Waals surface area contributed by atoms with Gasteiger partial charge in [-0.05, 0) is 37.6 Å². The van der Waals surface area contributed by atoms with Gasteiger partial charge >= 0.3 is 0 Å². The second-order valence-electron chi connectivity index (χ2n) is 4.27. The number of nitrogens with zero attached hydrogens (tertiary/aromatic N) is 1. The highest BCUT2D eigenvalue weighted by Gasteiger charge is 2.11. The summed E-state index contributed by atoms with van der Waals surface area (Å²) in [5.41, 5.74) is 2.08. The van der Waals surface area contributed by atoms with Crippen molar-refractivity contribution in [3.8, 4) is 0 Å². The summed E-state index contributed by atoms with van der Waals surface area (Å²) in [6, 6.07) is 5.21. The van der Waals surface area contributed by atoms with Crippen molar-refractivity contribution in [2.45, 2.75) is 26.3 Å². The molecule has 1 rings (SSSR count). The van der Waals surface area contributed by atoms with E-state index >= 15 is 0 Å². The summed E-state index contributed by atoms with van der Waals surface area (Å²) in [6.45, 7) is 5.22. The number of anilines is 1. The van der Waals surface area contributed by atoms with Gasteiger partial charge in [-0.2, -0.15) is 0 Å². The van der Waals surface area contributed by atoms with Crippen molar-refractivity contribution in [1.29, 1.82) is 0 Å². The fraction of sp³-hybridized carbons (Fsp3) is 0.538. The molecule has 0 saturated heterocycles. The Hall–Kier alpha value is -1.09. The van der Waals surface area contributed by atoms with E-state index in [1.54, 1.807) is 6.07 Å². The summed E-state index contributed by atoms with van der Waals surface area (Å²) in [5, 5.41) is 3.41. The summed E-state index contributed by atoms with van der Waals surface area (Å²) in [5.74, 6) is -0.185. The average Bonchev–Trinajstić information content (AvgIpc) is 2.25. The molecule has 3 heteroatoms. The minimum atomic E-state index is -0.185. The maximum Gasteiger partial charge on any atom is 0.125 e. The van der Waals surface area contributed by atoms with Gasteiger partial charge < -0.3 is 10.2 Å². The van der Waals surface area contributed by atoms with Gasteiger partial charge in [0.15, 0.2) is 0 Å². The molecule has 16 heavy (non-hydrogen) atoms. The summed E-state index contributed by atoms with van der Waals surface area (Å²) in [4.78, 5) is 1.95. The molecule has 1 atom stereocenters. The Kier molecular flexibility index (Phi) is 4.74. The van der Waals surface area contributed by atoms with Crippen molar-refractivity contribution in [3.63, 3.8) is 0 Å². The van der Waals surface area contributed by atoms with Crippen LogP contribution in [0.4, 0.5) is 10.1 Å². The van der Waals surface area contributed by atoms with Crippen LogP contribution in [0.2, 0.25) is 0 Å². The number of halogens is 1. The molecule has 0 aromatic heterocycles. The van der Waals surface area contributed by atoms with Gasteiger partial charge in [-0.3, -0.25) is 0 Å². The Balaban J connectivity index is 2.93. The SMILES string of the molecule is CCCNC(C)c1ccc(F)cc1N(C)C. The van der Waals surface area contributed by atoms with Crippen LogP contribution in [0.3, 0.4) is 0 Å². The summed E-state index contributed by atoms with van der Waals surface area (Å²) < 4.78 is 13.2. The zero-order chi connectivity index (χ0) is 12.1. The van der Waals surface area contributed by atoms with Crippen LogP contribution in [0, 0.1) is 5.82 Å². The second-order valence-corrected chi connectivity index (χ2v) is 4.27. The van der Waals surface area contributed by atoms with Gasteiger partial charge in [0.05, 0.1) is 0 Å². The third-order valence-corrected chi connectivity index (χ3v) is 2.64. The second kappa shape index (κ2) is 5.85. The Bertz CT molecular complexity index is 337. The lowest BCUT2D eigenvalue weighted by Crippen LogP contribution is -2.22. The van der Waals surface area contributed by atoms with E-state index < -0.39 is 0 Å². The molecule has 1 unspecified atom stereocenters. The highest BCUT2D eigenvalue weighted by atomic mass is 19.1. The molecule has 0 radical (unpaired) electrons. The van der Waals surface area contributed by atoms with Crippen molar-refractivity contribution in [2.75, 3.05) is 25.5 Å². The van der Waals surface area contributed by atoms with Gasteiger partial charge in [-0.15, -0.1) is 0 Å². The topological polar surface area (TPSA) is 15.3 Å². The third kappa shape index (κ3) is 3.20. The van der Waals surface area contributed by atoms with E-state index in [1.165, 1.54) is 6.07 Å². The lowest BCUT2D eigenvalue weighted by Gasteiger charge is -2.22. The predicted octanol–water partition coefficient (Wildman–Crippen LogP) is 2.95. The van der Waals surface area contributed by atoms with E-state index in [0.29, 0.717) is 0 Å². The van der Waals surface area contributed by atoms with Gasteiger partial charge in [-0.1, -0.05) is 13.0 Å². The minimum Gasteiger partial charge on any atom is -0.377 e. The van der Waals surface area contributed by atoms with Crippen LogP contribution in [0.25, 0.3) is 0 Å². The van der Waals surface area contributed by atoms with E-state index in [0.717, 1.165) is 24.2 Å². The molecular weight excluding hydrogens is 203 g/mol. The summed E-state index contributed by atoms with van der Waals surface area (Å²) in [6.07, 6.45) is 1.10. The first-order chi connectivity index (χ1) is 7.56. The first-order valence-electron chi connectivity index (χ1n) is 5.76. The van der Waals surface area contributed by atoms with Crippen LogP contribution in [0.5, 0.6) is 0 Å². The van der Waals surface area contributed by atoms with Gasteiger partial charge in [0.25, 0.3) is 0 Å². The smallest absolute Gasteiger partial charge is 0.125 e. The quantitative estimate of drug-likeness (QED) is 0.827. The Morgan fingerprint density at radius 2 is 2.06 bits per heavy atom. The Labute approximate surface area is 97.5 Å². The molecule has 0 amide bonds. The number of nitrogens with one attached hydrogen (secondary N) is 1. The van der Waals surface area contributed by atoms with Crippen LogP contribution in [0.15, 0.2) is 18.2 Å². The predicted molar refractivity (Wildman–Crippen MR) is 67.4 cm³/mol. The van der Waals surface area contributed by atoms with Crippen molar-refractivity contribution in [2.24, 2.45) is 0 Å². The van der Waals surface area contributed by atoms with Gasteiger partial charge in [0, 0.05) is 25.8 Å². The van der Waals surface area contributed by atoms with Crippen LogP contribution in [-0.4, -0.2) is 20.6 Å². The van der Waals surface area contributed by atoms with E-state index in [9.17, 15) is 4.39 Å². The normalized spacial score (nSPS) is 12.6. The van der Waals surface area contributed by atoms with Crippen molar-refractivity contribution in [3.05, 3.63) is 29.6 Å². The highest BCUT2D eigenvalue weighted by Crippen LogP contribution is 2.25. The summed E-state index contributed by atoms with van der Waals surface area (Å²) >= 11 is 0. The lowest BCUT2D eigenvalue weighted by molar-refractivity contribution is 0.567. The van der Waals surface area contributed by atoms with Crippen molar-refractivity contribution in [1.82, 2.24) is 5.32 Å². The molecule has 0 heterocycles. The molecule has 0 aliphatic heterocycles. The average molecular weight is 224 g/mol. The minimum absolute atomic E-state index is 0.185. The molecule has 0 spiro atoms. The first kappa shape index (κ1) is 13.0. The molecular formula is C13H21FN2. The van der Waals surface area contributed by atoms with E-state index in [-0.39, 0.29) is 11.9 Å². The number of rotatable bonds is 5. The molecule has 0 bridgehead atoms. The molecule has 90 valence electrons. The van der Waals surface area contributed by atoms with E-state index in [1.807, 2.05) is 25.1 Å². The van der Waals surface area contributed by atoms with E-state index in [4.69, 9.17) is 0 Å². The monoisotopic (exact) mass is 224 g/mol. The van der Waals surface area contributed by atoms with Crippen LogP contribution < -0.4 is 10.2 Å². The lowest BCUT2D eigenvalue weighted by atomic mass is 10.1. The summed E-state index contributed by atoms with van der Waals surface area (Å²) in [7, 11) is 3.87. The molecule has 1 aromatic carbocycles. The van der Waals surface area contributed by atoms with Crippen molar-refractivity contribution >= 4 is 5.69 Å². The maximum atomic E-state index is 13.2. The highest BCUT2D eigenvalue weighted by molar-refractivity contribution is 5.54. The van der Waals surface area contributed by atoms with Crippen molar-refractivity contribution < 1.29 is 4.39 Å². The molecule has 0 aliphatic rings. The van der Waals surface area contributed by atoms with Gasteiger partial charge in [0.1, 0.15) is 5.82 Å². The molecule has 0 saturated carbocycles. The van der Waals surface area contributed by atoms with E-state index in [2.05, 4.69) is 19.2 Å². The molecule has 2 nitrogen and oxygen atoms in total. The zero-order valence-corrected chi connectivity index (χ0v) is 10.5. The number of hydrogen-bond donors (Lipinski definition) is 1. The molecule has 1 N–H and O–H groups in total. The van der Waals surface area contributed by atoms with Gasteiger partial charge in [0.2, 0.25) is 0 Å². The maximum absolute atomic E-state index is 13.2. The molecule has 1 aromatic rings. The van der Waals surface area contributed by atoms with Gasteiger partial charge in [-0.25, -0.2) is 4.39 Å². The molecule has 0 fully saturated rings. The number of benzene rings is 1. The molecule has 0 aliphatic carbocycles. The Morgan fingerprint density at radius 1 is 1.38 bits per heavy atom. The zero-order valence-electron chi connectivity index (χ0n) is 10.5. The Morgan fingerprint density at radius 3 is 2.62 bits per heavy atom. The van der Waals surface area contributed by atoms with Crippen LogP contribution in [-0.2, 0) is 0 Å². The fourth-order valence-electron chi connectivity index (χ4n) is 1.74. The van der Waals surface area contributed by atoms with Crippen LogP contribution >= 0.6 is 0 Å². The standard InChI is InChI=1S/C13H21FN2/c1-5-8-15-10(2)12-7-6-11(14)9-13(12)16(3)4/h6-7,9-10,15H,5,8H2,1-4H3. The third-order valence-electron chi connectivity index (χ3n) is 2.64. The van der Waals surface area contributed by atoms with Crippen LogP contribution in [0.1, 0.15) is 31.9 Å². The number of hydrogen-bond acceptors (Lipinski definition) is 2.